The molecule has 0 bridgehead atoms. The highest BCUT2D eigenvalue weighted by molar-refractivity contribution is 7.99. The van der Waals surface area contributed by atoms with Gasteiger partial charge in [-0.25, -0.2) is 0 Å². The van der Waals surface area contributed by atoms with Crippen LogP contribution in [-0.2, 0) is 4.79 Å². The Labute approximate surface area is 149 Å². The molecule has 0 unspecified atom stereocenters. The van der Waals surface area contributed by atoms with Gasteiger partial charge >= 0.3 is 0 Å². The molecule has 0 radical (unpaired) electrons. The highest BCUT2D eigenvalue weighted by Crippen LogP contribution is 2.41. The van der Waals surface area contributed by atoms with E-state index in [0.29, 0.717) is 5.91 Å². The summed E-state index contributed by atoms with van der Waals surface area (Å²) in [5.41, 5.74) is 1.08. The molecular weight excluding hydrogens is 322 g/mol. The van der Waals surface area contributed by atoms with Crippen molar-refractivity contribution in [3.63, 3.8) is 0 Å². The molecule has 1 aromatic rings. The van der Waals surface area contributed by atoms with E-state index < -0.39 is 0 Å². The lowest BCUT2D eigenvalue weighted by Crippen LogP contribution is -2.35. The van der Waals surface area contributed by atoms with Gasteiger partial charge in [-0.1, -0.05) is 26.7 Å². The van der Waals surface area contributed by atoms with Gasteiger partial charge in [0.05, 0.1) is 14.2 Å². The van der Waals surface area contributed by atoms with Crippen molar-refractivity contribution in [1.29, 1.82) is 0 Å². The van der Waals surface area contributed by atoms with E-state index in [1.54, 1.807) is 14.2 Å². The predicted octanol–water partition coefficient (Wildman–Crippen LogP) is 4.49. The van der Waals surface area contributed by atoms with Crippen LogP contribution in [0.25, 0.3) is 0 Å². The van der Waals surface area contributed by atoms with Gasteiger partial charge < -0.3 is 14.4 Å². The third-order valence-electron chi connectivity index (χ3n) is 4.58. The average Bonchev–Trinajstić information content (AvgIpc) is 3.11. The van der Waals surface area contributed by atoms with Crippen LogP contribution in [0.15, 0.2) is 18.2 Å². The Kier molecular flexibility index (Phi) is 7.28. The maximum atomic E-state index is 13.0. The van der Waals surface area contributed by atoms with Gasteiger partial charge in [0, 0.05) is 24.3 Å². The molecule has 4 nitrogen and oxygen atoms in total. The van der Waals surface area contributed by atoms with Crippen molar-refractivity contribution in [2.24, 2.45) is 5.92 Å². The molecule has 1 aliphatic rings. The van der Waals surface area contributed by atoms with Crippen molar-refractivity contribution in [3.8, 4) is 11.5 Å². The molecule has 0 spiro atoms. The lowest BCUT2D eigenvalue weighted by molar-refractivity contribution is -0.136. The highest BCUT2D eigenvalue weighted by atomic mass is 32.2. The topological polar surface area (TPSA) is 38.8 Å². The number of hydrogen-bond donors (Lipinski definition) is 0. The summed E-state index contributed by atoms with van der Waals surface area (Å²) >= 11 is 1.82. The molecule has 0 aromatic heterocycles. The van der Waals surface area contributed by atoms with Gasteiger partial charge in [0.25, 0.3) is 0 Å². The lowest BCUT2D eigenvalue weighted by Gasteiger charge is -2.28. The summed E-state index contributed by atoms with van der Waals surface area (Å²) in [5.74, 6) is 2.94. The molecule has 0 saturated carbocycles. The van der Waals surface area contributed by atoms with Gasteiger partial charge in [0.15, 0.2) is 0 Å². The van der Waals surface area contributed by atoms with E-state index >= 15 is 0 Å². The summed E-state index contributed by atoms with van der Waals surface area (Å²) in [5, 5.41) is 0.0529. The third kappa shape index (κ3) is 4.38. The van der Waals surface area contributed by atoms with Crippen molar-refractivity contribution in [3.05, 3.63) is 23.8 Å². The molecule has 0 N–H and O–H groups in total. The van der Waals surface area contributed by atoms with E-state index in [4.69, 9.17) is 9.47 Å². The monoisotopic (exact) mass is 351 g/mol. The normalized spacial score (nSPS) is 18.5. The SMILES string of the molecule is CCCC[C@H](CC)C(=O)N1CCS[C@H]1c1cc(OC)cc(OC)c1. The Balaban J connectivity index is 2.22. The zero-order chi connectivity index (χ0) is 17.5. The zero-order valence-electron chi connectivity index (χ0n) is 15.2. The number of benzene rings is 1. The van der Waals surface area contributed by atoms with Crippen molar-refractivity contribution < 1.29 is 14.3 Å². The van der Waals surface area contributed by atoms with E-state index in [-0.39, 0.29) is 11.3 Å². The number of amides is 1. The summed E-state index contributed by atoms with van der Waals surface area (Å²) in [4.78, 5) is 15.1. The molecule has 1 aromatic carbocycles. The standard InChI is InChI=1S/C19H29NO3S/c1-5-7-8-14(6-2)18(21)20-9-10-24-19(20)15-11-16(22-3)13-17(12-15)23-4/h11-14,19H,5-10H2,1-4H3/t14-,19-/m0/s1. The Bertz CT molecular complexity index is 527. The number of thioether (sulfide) groups is 1. The molecule has 1 heterocycles. The van der Waals surface area contributed by atoms with Gasteiger partial charge in [-0.3, -0.25) is 4.79 Å². The fourth-order valence-corrected chi connectivity index (χ4v) is 4.37. The van der Waals surface area contributed by atoms with Crippen LogP contribution in [0.3, 0.4) is 0 Å². The largest absolute Gasteiger partial charge is 0.497 e. The van der Waals surface area contributed by atoms with Gasteiger partial charge in [0.1, 0.15) is 16.9 Å². The number of unbranched alkanes of at least 4 members (excludes halogenated alkanes) is 1. The minimum Gasteiger partial charge on any atom is -0.497 e. The minimum atomic E-state index is 0.0529. The van der Waals surface area contributed by atoms with Crippen molar-refractivity contribution in [1.82, 2.24) is 4.90 Å². The molecule has 5 heteroatoms. The first-order valence-corrected chi connectivity index (χ1v) is 9.84. The molecule has 134 valence electrons. The maximum Gasteiger partial charge on any atom is 0.226 e. The fraction of sp³-hybridized carbons (Fsp3) is 0.632. The molecular formula is C19H29NO3S. The van der Waals surface area contributed by atoms with Crippen molar-refractivity contribution >= 4 is 17.7 Å². The summed E-state index contributed by atoms with van der Waals surface area (Å²) in [6.07, 6.45) is 4.15. The average molecular weight is 352 g/mol. The smallest absolute Gasteiger partial charge is 0.226 e. The second-order valence-electron chi connectivity index (χ2n) is 6.15. The first-order chi connectivity index (χ1) is 11.6. The first kappa shape index (κ1) is 19.0. The molecule has 24 heavy (non-hydrogen) atoms. The van der Waals surface area contributed by atoms with Crippen LogP contribution in [0.1, 0.15) is 50.5 Å². The molecule has 1 aliphatic heterocycles. The van der Waals surface area contributed by atoms with Gasteiger partial charge in [0.2, 0.25) is 5.91 Å². The number of carbonyl (C=O) groups is 1. The quantitative estimate of drug-likeness (QED) is 0.691. The van der Waals surface area contributed by atoms with Crippen LogP contribution in [0.4, 0.5) is 0 Å². The van der Waals surface area contributed by atoms with Crippen LogP contribution < -0.4 is 9.47 Å². The van der Waals surface area contributed by atoms with E-state index in [2.05, 4.69) is 13.8 Å². The first-order valence-electron chi connectivity index (χ1n) is 8.79. The van der Waals surface area contributed by atoms with Crippen molar-refractivity contribution in [2.45, 2.75) is 44.9 Å². The fourth-order valence-electron chi connectivity index (χ4n) is 3.13. The van der Waals surface area contributed by atoms with Crippen LogP contribution in [0, 0.1) is 5.92 Å². The van der Waals surface area contributed by atoms with Gasteiger partial charge in [-0.15, -0.1) is 11.8 Å². The summed E-state index contributed by atoms with van der Waals surface area (Å²) in [6.45, 7) is 5.11. The summed E-state index contributed by atoms with van der Waals surface area (Å²) in [7, 11) is 3.31. The van der Waals surface area contributed by atoms with E-state index in [9.17, 15) is 4.79 Å². The molecule has 2 rings (SSSR count). The number of hydrogen-bond acceptors (Lipinski definition) is 4. The van der Waals surface area contributed by atoms with E-state index in [1.807, 2.05) is 34.9 Å². The summed E-state index contributed by atoms with van der Waals surface area (Å²) in [6, 6.07) is 5.89. The molecule has 1 saturated heterocycles. The Morgan fingerprint density at radius 2 is 1.92 bits per heavy atom. The number of carbonyl (C=O) groups excluding carboxylic acids is 1. The van der Waals surface area contributed by atoms with Gasteiger partial charge in [-0.05, 0) is 30.5 Å². The number of ether oxygens (including phenoxy) is 2. The Hall–Kier alpha value is -1.36. The van der Waals surface area contributed by atoms with Crippen molar-refractivity contribution in [2.75, 3.05) is 26.5 Å². The van der Waals surface area contributed by atoms with Crippen LogP contribution in [-0.4, -0.2) is 37.3 Å². The number of rotatable bonds is 8. The number of methoxy groups -OCH3 is 2. The molecule has 2 atom stereocenters. The molecule has 1 amide bonds. The molecule has 1 fully saturated rings. The van der Waals surface area contributed by atoms with E-state index in [1.165, 1.54) is 0 Å². The van der Waals surface area contributed by atoms with Gasteiger partial charge in [-0.2, -0.15) is 0 Å². The Morgan fingerprint density at radius 3 is 2.46 bits per heavy atom. The minimum absolute atomic E-state index is 0.0529. The zero-order valence-corrected chi connectivity index (χ0v) is 16.0. The maximum absolute atomic E-state index is 13.0. The number of nitrogens with zero attached hydrogens (tertiary/aromatic N) is 1. The lowest BCUT2D eigenvalue weighted by atomic mass is 9.97. The second-order valence-corrected chi connectivity index (χ2v) is 7.34. The highest BCUT2D eigenvalue weighted by Gasteiger charge is 2.34. The van der Waals surface area contributed by atoms with Crippen LogP contribution in [0.2, 0.25) is 0 Å². The van der Waals surface area contributed by atoms with E-state index in [0.717, 1.165) is 55.0 Å². The Morgan fingerprint density at radius 1 is 1.25 bits per heavy atom. The van der Waals surface area contributed by atoms with Crippen LogP contribution in [0.5, 0.6) is 11.5 Å². The third-order valence-corrected chi connectivity index (χ3v) is 5.84. The molecule has 0 aliphatic carbocycles. The van der Waals surface area contributed by atoms with Crippen LogP contribution >= 0.6 is 11.8 Å². The second kappa shape index (κ2) is 9.21. The predicted molar refractivity (Wildman–Crippen MR) is 99.8 cm³/mol. The summed E-state index contributed by atoms with van der Waals surface area (Å²) < 4.78 is 10.8.